The van der Waals surface area contributed by atoms with Gasteiger partial charge in [-0.3, -0.25) is 9.69 Å². The van der Waals surface area contributed by atoms with Crippen molar-refractivity contribution in [2.45, 2.75) is 32.0 Å². The molecule has 3 aromatic rings. The van der Waals surface area contributed by atoms with E-state index in [1.165, 1.54) is 6.92 Å². The number of hydrogen-bond donors (Lipinski definition) is 0. The van der Waals surface area contributed by atoms with Crippen molar-refractivity contribution in [3.8, 4) is 22.6 Å². The van der Waals surface area contributed by atoms with Crippen LogP contribution in [0.1, 0.15) is 31.7 Å². The van der Waals surface area contributed by atoms with Gasteiger partial charge in [-0.25, -0.2) is 0 Å². The first kappa shape index (κ1) is 20.3. The zero-order chi connectivity index (χ0) is 20.9. The highest BCUT2D eigenvalue weighted by Gasteiger charge is 2.36. The second-order valence-corrected chi connectivity index (χ2v) is 7.30. The SMILES string of the molecule is COCC(OC(C)=O)N1CCCC1c1nnc(-c2ccc(-c3ccccc3)cc2)o1. The van der Waals surface area contributed by atoms with Crippen molar-refractivity contribution >= 4 is 5.97 Å². The van der Waals surface area contributed by atoms with Crippen LogP contribution in [-0.4, -0.2) is 47.6 Å². The Balaban J connectivity index is 1.52. The van der Waals surface area contributed by atoms with Gasteiger partial charge in [0, 0.05) is 26.1 Å². The van der Waals surface area contributed by atoms with Gasteiger partial charge < -0.3 is 13.9 Å². The van der Waals surface area contributed by atoms with Crippen LogP contribution in [0.4, 0.5) is 0 Å². The van der Waals surface area contributed by atoms with E-state index in [1.807, 2.05) is 42.5 Å². The van der Waals surface area contributed by atoms with Crippen LogP contribution < -0.4 is 0 Å². The summed E-state index contributed by atoms with van der Waals surface area (Å²) in [4.78, 5) is 13.5. The number of carbonyl (C=O) groups is 1. The van der Waals surface area contributed by atoms with Crippen molar-refractivity contribution in [1.29, 1.82) is 0 Å². The maximum atomic E-state index is 11.5. The molecule has 0 spiro atoms. The standard InChI is InChI=1S/C23H25N3O4/c1-16(27)29-21(15-28-2)26-14-6-9-20(26)23-25-24-22(30-23)19-12-10-18(11-13-19)17-7-4-3-5-8-17/h3-5,7-8,10-13,20-21H,6,9,14-15H2,1-2H3. The molecule has 30 heavy (non-hydrogen) atoms. The fourth-order valence-corrected chi connectivity index (χ4v) is 3.85. The van der Waals surface area contributed by atoms with Crippen LogP contribution >= 0.6 is 0 Å². The Bertz CT molecular complexity index is 972. The van der Waals surface area contributed by atoms with Crippen molar-refractivity contribution in [1.82, 2.24) is 15.1 Å². The molecule has 0 saturated carbocycles. The Morgan fingerprint density at radius 2 is 1.80 bits per heavy atom. The molecule has 1 saturated heterocycles. The quantitative estimate of drug-likeness (QED) is 0.546. The maximum absolute atomic E-state index is 11.5. The van der Waals surface area contributed by atoms with Crippen LogP contribution in [0.15, 0.2) is 59.0 Å². The zero-order valence-corrected chi connectivity index (χ0v) is 17.2. The molecule has 4 rings (SSSR count). The van der Waals surface area contributed by atoms with E-state index in [1.54, 1.807) is 7.11 Å². The second kappa shape index (κ2) is 9.19. The summed E-state index contributed by atoms with van der Waals surface area (Å²) in [7, 11) is 1.59. The first-order valence-corrected chi connectivity index (χ1v) is 10.1. The van der Waals surface area contributed by atoms with Crippen molar-refractivity contribution < 1.29 is 18.7 Å². The van der Waals surface area contributed by atoms with Gasteiger partial charge in [0.1, 0.15) is 0 Å². The molecule has 7 heteroatoms. The van der Waals surface area contributed by atoms with E-state index in [4.69, 9.17) is 13.9 Å². The van der Waals surface area contributed by atoms with Gasteiger partial charge in [-0.05, 0) is 36.1 Å². The van der Waals surface area contributed by atoms with E-state index >= 15 is 0 Å². The summed E-state index contributed by atoms with van der Waals surface area (Å²) in [6.07, 6.45) is 1.34. The molecule has 2 heterocycles. The molecule has 1 aliphatic heterocycles. The van der Waals surface area contributed by atoms with Gasteiger partial charge in [0.25, 0.3) is 0 Å². The summed E-state index contributed by atoms with van der Waals surface area (Å²) in [5.74, 6) is 0.669. The number of ether oxygens (including phenoxy) is 2. The number of benzene rings is 2. The van der Waals surface area contributed by atoms with Crippen molar-refractivity contribution in [3.05, 3.63) is 60.5 Å². The Hall–Kier alpha value is -3.03. The highest BCUT2D eigenvalue weighted by Crippen LogP contribution is 2.34. The molecule has 0 bridgehead atoms. The minimum absolute atomic E-state index is 0.102. The summed E-state index contributed by atoms with van der Waals surface area (Å²) in [6.45, 7) is 2.46. The molecule has 0 amide bonds. The van der Waals surface area contributed by atoms with Gasteiger partial charge in [0.2, 0.25) is 11.8 Å². The zero-order valence-electron chi connectivity index (χ0n) is 17.2. The number of hydrogen-bond acceptors (Lipinski definition) is 7. The van der Waals surface area contributed by atoms with E-state index in [0.717, 1.165) is 36.1 Å². The third-order valence-corrected chi connectivity index (χ3v) is 5.24. The Morgan fingerprint density at radius 1 is 1.10 bits per heavy atom. The lowest BCUT2D eigenvalue weighted by atomic mass is 10.0. The van der Waals surface area contributed by atoms with Gasteiger partial charge in [-0.1, -0.05) is 42.5 Å². The van der Waals surface area contributed by atoms with Crippen LogP contribution in [0, 0.1) is 0 Å². The molecule has 7 nitrogen and oxygen atoms in total. The molecule has 0 radical (unpaired) electrons. The number of rotatable bonds is 7. The number of esters is 1. The lowest BCUT2D eigenvalue weighted by Crippen LogP contribution is -2.41. The predicted octanol–water partition coefficient (Wildman–Crippen LogP) is 4.08. The van der Waals surface area contributed by atoms with Gasteiger partial charge in [-0.2, -0.15) is 0 Å². The van der Waals surface area contributed by atoms with Crippen LogP contribution in [0.25, 0.3) is 22.6 Å². The van der Waals surface area contributed by atoms with E-state index in [9.17, 15) is 4.79 Å². The van der Waals surface area contributed by atoms with E-state index in [-0.39, 0.29) is 18.6 Å². The first-order chi connectivity index (χ1) is 14.7. The monoisotopic (exact) mass is 407 g/mol. The van der Waals surface area contributed by atoms with E-state index in [0.29, 0.717) is 11.8 Å². The fourth-order valence-electron chi connectivity index (χ4n) is 3.85. The number of nitrogens with zero attached hydrogens (tertiary/aromatic N) is 3. The third kappa shape index (κ3) is 4.42. The molecule has 2 aromatic carbocycles. The number of methoxy groups -OCH3 is 1. The van der Waals surface area contributed by atoms with E-state index in [2.05, 4.69) is 27.2 Å². The molecule has 2 unspecified atom stereocenters. The Morgan fingerprint density at radius 3 is 2.50 bits per heavy atom. The number of likely N-dealkylation sites (tertiary alicyclic amines) is 1. The molecule has 156 valence electrons. The third-order valence-electron chi connectivity index (χ3n) is 5.24. The predicted molar refractivity (Wildman–Crippen MR) is 111 cm³/mol. The number of aromatic nitrogens is 2. The summed E-state index contributed by atoms with van der Waals surface area (Å²) >= 11 is 0. The maximum Gasteiger partial charge on any atom is 0.304 e. The highest BCUT2D eigenvalue weighted by atomic mass is 16.6. The van der Waals surface area contributed by atoms with Gasteiger partial charge in [-0.15, -0.1) is 10.2 Å². The average molecular weight is 407 g/mol. The molecule has 0 aliphatic carbocycles. The van der Waals surface area contributed by atoms with Crippen LogP contribution in [0.2, 0.25) is 0 Å². The summed E-state index contributed by atoms with van der Waals surface area (Å²) in [6, 6.07) is 18.2. The summed E-state index contributed by atoms with van der Waals surface area (Å²) in [5, 5.41) is 8.54. The molecule has 1 aromatic heterocycles. The molecule has 1 aliphatic rings. The first-order valence-electron chi connectivity index (χ1n) is 10.1. The fraction of sp³-hybridized carbons (Fsp3) is 0.348. The van der Waals surface area contributed by atoms with Crippen molar-refractivity contribution in [2.75, 3.05) is 20.3 Å². The molecule has 1 fully saturated rings. The minimum atomic E-state index is -0.472. The summed E-state index contributed by atoms with van der Waals surface area (Å²) < 4.78 is 16.7. The van der Waals surface area contributed by atoms with Gasteiger partial charge in [0.15, 0.2) is 6.23 Å². The lowest BCUT2D eigenvalue weighted by molar-refractivity contribution is -0.163. The van der Waals surface area contributed by atoms with Gasteiger partial charge >= 0.3 is 5.97 Å². The largest absolute Gasteiger partial charge is 0.444 e. The van der Waals surface area contributed by atoms with Crippen molar-refractivity contribution in [3.63, 3.8) is 0 Å². The summed E-state index contributed by atoms with van der Waals surface area (Å²) in [5.41, 5.74) is 3.16. The topological polar surface area (TPSA) is 77.7 Å². The van der Waals surface area contributed by atoms with Crippen LogP contribution in [-0.2, 0) is 14.3 Å². The van der Waals surface area contributed by atoms with Crippen LogP contribution in [0.5, 0.6) is 0 Å². The Kier molecular flexibility index (Phi) is 6.21. The molecular weight excluding hydrogens is 382 g/mol. The normalized spacial score (nSPS) is 17.7. The number of carbonyl (C=O) groups excluding carboxylic acids is 1. The molecule has 2 atom stereocenters. The Labute approximate surface area is 175 Å². The van der Waals surface area contributed by atoms with Crippen molar-refractivity contribution in [2.24, 2.45) is 0 Å². The average Bonchev–Trinajstić information content (AvgIpc) is 3.43. The smallest absolute Gasteiger partial charge is 0.304 e. The van der Waals surface area contributed by atoms with E-state index < -0.39 is 6.23 Å². The lowest BCUT2D eigenvalue weighted by Gasteiger charge is -2.29. The molecular formula is C23H25N3O4. The second-order valence-electron chi connectivity index (χ2n) is 7.30. The molecule has 0 N–H and O–H groups in total. The minimum Gasteiger partial charge on any atom is -0.444 e. The van der Waals surface area contributed by atoms with Gasteiger partial charge in [0.05, 0.1) is 12.6 Å². The highest BCUT2D eigenvalue weighted by molar-refractivity contribution is 5.67. The van der Waals surface area contributed by atoms with Crippen LogP contribution in [0.3, 0.4) is 0 Å².